The topological polar surface area (TPSA) is 29.1 Å². The van der Waals surface area contributed by atoms with Gasteiger partial charge < -0.3 is 5.32 Å². The predicted molar refractivity (Wildman–Crippen MR) is 66.0 cm³/mol. The summed E-state index contributed by atoms with van der Waals surface area (Å²) in [4.78, 5) is 11.7. The van der Waals surface area contributed by atoms with E-state index in [0.717, 1.165) is 17.3 Å². The summed E-state index contributed by atoms with van der Waals surface area (Å²) >= 11 is 3.34. The Morgan fingerprint density at radius 1 is 1.40 bits per heavy atom. The van der Waals surface area contributed by atoms with Crippen molar-refractivity contribution in [2.24, 2.45) is 0 Å². The second kappa shape index (κ2) is 5.91. The Labute approximate surface area is 99.2 Å². The van der Waals surface area contributed by atoms with E-state index < -0.39 is 0 Å². The smallest absolute Gasteiger partial charge is 0.251 e. The van der Waals surface area contributed by atoms with Crippen molar-refractivity contribution in [2.45, 2.75) is 32.7 Å². The van der Waals surface area contributed by atoms with Crippen LogP contribution in [0.15, 0.2) is 28.7 Å². The van der Waals surface area contributed by atoms with Gasteiger partial charge in [-0.1, -0.05) is 29.3 Å². The minimum Gasteiger partial charge on any atom is -0.350 e. The van der Waals surface area contributed by atoms with Crippen LogP contribution in [0.1, 0.15) is 37.0 Å². The Kier molecular flexibility index (Phi) is 4.82. The summed E-state index contributed by atoms with van der Waals surface area (Å²) in [6, 6.07) is 7.63. The van der Waals surface area contributed by atoms with Crippen LogP contribution in [0.3, 0.4) is 0 Å². The zero-order valence-electron chi connectivity index (χ0n) is 9.09. The van der Waals surface area contributed by atoms with Crippen LogP contribution < -0.4 is 5.32 Å². The van der Waals surface area contributed by atoms with Crippen LogP contribution in [0.2, 0.25) is 0 Å². The molecule has 3 heteroatoms. The van der Waals surface area contributed by atoms with Gasteiger partial charge in [0.15, 0.2) is 0 Å². The highest BCUT2D eigenvalue weighted by Crippen LogP contribution is 2.10. The first-order valence-corrected chi connectivity index (χ1v) is 5.99. The van der Waals surface area contributed by atoms with Crippen LogP contribution in [0.25, 0.3) is 0 Å². The van der Waals surface area contributed by atoms with E-state index in [9.17, 15) is 4.79 Å². The molecular weight excluding hydrogens is 254 g/mol. The molecule has 0 unspecified atom stereocenters. The largest absolute Gasteiger partial charge is 0.350 e. The molecule has 1 rings (SSSR count). The van der Waals surface area contributed by atoms with Gasteiger partial charge in [0.05, 0.1) is 0 Å². The van der Waals surface area contributed by atoms with Crippen molar-refractivity contribution in [2.75, 3.05) is 0 Å². The van der Waals surface area contributed by atoms with E-state index in [2.05, 4.69) is 28.2 Å². The van der Waals surface area contributed by atoms with Crippen LogP contribution in [0, 0.1) is 0 Å². The van der Waals surface area contributed by atoms with Crippen molar-refractivity contribution < 1.29 is 4.79 Å². The van der Waals surface area contributed by atoms with Gasteiger partial charge in [-0.3, -0.25) is 4.79 Å². The molecule has 15 heavy (non-hydrogen) atoms. The van der Waals surface area contributed by atoms with Gasteiger partial charge in [-0.05, 0) is 37.6 Å². The molecule has 0 aromatic heterocycles. The van der Waals surface area contributed by atoms with Crippen molar-refractivity contribution in [1.29, 1.82) is 0 Å². The van der Waals surface area contributed by atoms with Crippen molar-refractivity contribution in [3.05, 3.63) is 34.3 Å². The minimum atomic E-state index is 0.00319. The number of nitrogens with one attached hydrogen (secondary N) is 1. The highest BCUT2D eigenvalue weighted by Gasteiger charge is 2.08. The van der Waals surface area contributed by atoms with E-state index in [1.807, 2.05) is 31.2 Å². The van der Waals surface area contributed by atoms with E-state index in [1.54, 1.807) is 0 Å². The Morgan fingerprint density at radius 3 is 2.53 bits per heavy atom. The molecule has 1 aromatic carbocycles. The van der Waals surface area contributed by atoms with E-state index in [4.69, 9.17) is 0 Å². The minimum absolute atomic E-state index is 0.00319. The molecule has 0 heterocycles. The van der Waals surface area contributed by atoms with Gasteiger partial charge in [0, 0.05) is 16.1 Å². The van der Waals surface area contributed by atoms with Gasteiger partial charge >= 0.3 is 0 Å². The van der Waals surface area contributed by atoms with Crippen molar-refractivity contribution in [3.63, 3.8) is 0 Å². The molecule has 1 amide bonds. The molecular formula is C12H16BrNO. The number of hydrogen-bond donors (Lipinski definition) is 1. The quantitative estimate of drug-likeness (QED) is 0.893. The van der Waals surface area contributed by atoms with E-state index in [1.165, 1.54) is 0 Å². The van der Waals surface area contributed by atoms with Gasteiger partial charge in [-0.2, -0.15) is 0 Å². The van der Waals surface area contributed by atoms with Crippen LogP contribution in [0.4, 0.5) is 0 Å². The highest BCUT2D eigenvalue weighted by atomic mass is 79.9. The predicted octanol–water partition coefficient (Wildman–Crippen LogP) is 3.37. The monoisotopic (exact) mass is 269 g/mol. The Hall–Kier alpha value is -0.830. The fraction of sp³-hybridized carbons (Fsp3) is 0.417. The Morgan fingerprint density at radius 2 is 2.00 bits per heavy atom. The van der Waals surface area contributed by atoms with E-state index in [0.29, 0.717) is 5.56 Å². The molecule has 2 nitrogen and oxygen atoms in total. The lowest BCUT2D eigenvalue weighted by Crippen LogP contribution is -2.32. The summed E-state index contributed by atoms with van der Waals surface area (Å²) in [5, 5.41) is 2.96. The zero-order chi connectivity index (χ0) is 11.3. The SMILES string of the molecule is CCC[C@@H](C)NC(=O)c1ccc(Br)cc1. The molecule has 1 N–H and O–H groups in total. The number of benzene rings is 1. The summed E-state index contributed by atoms with van der Waals surface area (Å²) in [6.45, 7) is 4.14. The number of carbonyl (C=O) groups is 1. The maximum Gasteiger partial charge on any atom is 0.251 e. The number of hydrogen-bond acceptors (Lipinski definition) is 1. The molecule has 82 valence electrons. The molecule has 0 aliphatic carbocycles. The number of halogens is 1. The maximum atomic E-state index is 11.7. The van der Waals surface area contributed by atoms with E-state index in [-0.39, 0.29) is 11.9 Å². The molecule has 0 saturated carbocycles. The van der Waals surface area contributed by atoms with Crippen molar-refractivity contribution >= 4 is 21.8 Å². The molecule has 0 aliphatic rings. The normalized spacial score (nSPS) is 12.2. The van der Waals surface area contributed by atoms with Gasteiger partial charge in [-0.25, -0.2) is 0 Å². The highest BCUT2D eigenvalue weighted by molar-refractivity contribution is 9.10. The molecule has 0 spiro atoms. The first-order chi connectivity index (χ1) is 7.13. The zero-order valence-corrected chi connectivity index (χ0v) is 10.7. The first-order valence-electron chi connectivity index (χ1n) is 5.20. The first kappa shape index (κ1) is 12.2. The van der Waals surface area contributed by atoms with Crippen LogP contribution in [-0.4, -0.2) is 11.9 Å². The van der Waals surface area contributed by atoms with Gasteiger partial charge in [0.2, 0.25) is 0 Å². The van der Waals surface area contributed by atoms with Crippen LogP contribution >= 0.6 is 15.9 Å². The van der Waals surface area contributed by atoms with Crippen molar-refractivity contribution in [1.82, 2.24) is 5.32 Å². The average Bonchev–Trinajstić information content (AvgIpc) is 2.18. The van der Waals surface area contributed by atoms with Gasteiger partial charge in [0.1, 0.15) is 0 Å². The molecule has 0 radical (unpaired) electrons. The number of amides is 1. The van der Waals surface area contributed by atoms with E-state index >= 15 is 0 Å². The second-order valence-electron chi connectivity index (χ2n) is 3.67. The Balaban J connectivity index is 2.57. The maximum absolute atomic E-state index is 11.7. The lowest BCUT2D eigenvalue weighted by molar-refractivity contribution is 0.0938. The lowest BCUT2D eigenvalue weighted by Gasteiger charge is -2.12. The van der Waals surface area contributed by atoms with Crippen LogP contribution in [-0.2, 0) is 0 Å². The summed E-state index contributed by atoms with van der Waals surface area (Å²) in [5.74, 6) is 0.00319. The second-order valence-corrected chi connectivity index (χ2v) is 4.59. The summed E-state index contributed by atoms with van der Waals surface area (Å²) in [6.07, 6.45) is 2.10. The average molecular weight is 270 g/mol. The molecule has 0 aliphatic heterocycles. The summed E-state index contributed by atoms with van der Waals surface area (Å²) in [5.41, 5.74) is 0.709. The third-order valence-corrected chi connectivity index (χ3v) is 2.73. The molecule has 1 atom stereocenters. The summed E-state index contributed by atoms with van der Waals surface area (Å²) < 4.78 is 0.987. The van der Waals surface area contributed by atoms with Crippen molar-refractivity contribution in [3.8, 4) is 0 Å². The van der Waals surface area contributed by atoms with Gasteiger partial charge in [0.25, 0.3) is 5.91 Å². The third kappa shape index (κ3) is 4.04. The number of carbonyl (C=O) groups excluding carboxylic acids is 1. The fourth-order valence-corrected chi connectivity index (χ4v) is 1.68. The molecule has 0 saturated heterocycles. The van der Waals surface area contributed by atoms with Crippen LogP contribution in [0.5, 0.6) is 0 Å². The Bertz CT molecular complexity index is 321. The summed E-state index contributed by atoms with van der Waals surface area (Å²) in [7, 11) is 0. The molecule has 1 aromatic rings. The fourth-order valence-electron chi connectivity index (χ4n) is 1.41. The molecule has 0 fully saturated rings. The third-order valence-electron chi connectivity index (χ3n) is 2.21. The lowest BCUT2D eigenvalue weighted by atomic mass is 10.1. The number of rotatable bonds is 4. The molecule has 0 bridgehead atoms. The van der Waals surface area contributed by atoms with Gasteiger partial charge in [-0.15, -0.1) is 0 Å². The standard InChI is InChI=1S/C12H16BrNO/c1-3-4-9(2)14-12(15)10-5-7-11(13)8-6-10/h5-9H,3-4H2,1-2H3,(H,14,15)/t9-/m1/s1.